The molecule has 0 saturated heterocycles. The second-order valence-corrected chi connectivity index (χ2v) is 7.64. The highest BCUT2D eigenvalue weighted by molar-refractivity contribution is 8.76. The van der Waals surface area contributed by atoms with Crippen LogP contribution in [0.2, 0.25) is 0 Å². The molecule has 3 aromatic carbocycles. The third-order valence-corrected chi connectivity index (χ3v) is 5.93. The quantitative estimate of drug-likeness (QED) is 0.489. The summed E-state index contributed by atoms with van der Waals surface area (Å²) in [5.74, 6) is 1.14. The van der Waals surface area contributed by atoms with E-state index in [-0.39, 0.29) is 5.75 Å². The zero-order valence-corrected chi connectivity index (χ0v) is 15.2. The van der Waals surface area contributed by atoms with Gasteiger partial charge in [0.05, 0.1) is 0 Å². The molecule has 0 heterocycles. The Balaban J connectivity index is 1.51. The van der Waals surface area contributed by atoms with E-state index >= 15 is 0 Å². The van der Waals surface area contributed by atoms with Crippen molar-refractivity contribution in [2.75, 3.05) is 0 Å². The summed E-state index contributed by atoms with van der Waals surface area (Å²) in [7, 11) is 3.34. The van der Waals surface area contributed by atoms with Crippen LogP contribution in [0.4, 0.5) is 0 Å². The molecule has 3 aromatic rings. The standard InChI is InChI=1S/C21H18O2S2/c1-2-16-3-5-17(6-4-16)15-23-19-9-13-21(14-10-19)25-24-20-11-7-18(22)8-12-20/h2-14,22H,1,15H2. The summed E-state index contributed by atoms with van der Waals surface area (Å²) in [5.41, 5.74) is 2.24. The van der Waals surface area contributed by atoms with E-state index in [0.717, 1.165) is 26.7 Å². The number of phenolic OH excluding ortho intramolecular Hbond substituents is 1. The Morgan fingerprint density at radius 3 is 1.92 bits per heavy atom. The van der Waals surface area contributed by atoms with Gasteiger partial charge in [-0.1, -0.05) is 58.5 Å². The van der Waals surface area contributed by atoms with Crippen molar-refractivity contribution in [3.8, 4) is 11.5 Å². The van der Waals surface area contributed by atoms with Gasteiger partial charge in [0.2, 0.25) is 0 Å². The van der Waals surface area contributed by atoms with Crippen LogP contribution in [0.5, 0.6) is 11.5 Å². The van der Waals surface area contributed by atoms with E-state index in [2.05, 4.69) is 18.7 Å². The number of hydrogen-bond donors (Lipinski definition) is 1. The number of ether oxygens (including phenoxy) is 1. The summed E-state index contributed by atoms with van der Waals surface area (Å²) in [6, 6.07) is 23.4. The third kappa shape index (κ3) is 5.34. The molecule has 0 atom stereocenters. The molecule has 1 N–H and O–H groups in total. The minimum Gasteiger partial charge on any atom is -0.508 e. The van der Waals surface area contributed by atoms with Gasteiger partial charge in [-0.15, -0.1) is 0 Å². The van der Waals surface area contributed by atoms with Crippen LogP contribution in [-0.4, -0.2) is 5.11 Å². The van der Waals surface area contributed by atoms with Crippen LogP contribution >= 0.6 is 21.6 Å². The van der Waals surface area contributed by atoms with Crippen molar-refractivity contribution in [1.29, 1.82) is 0 Å². The van der Waals surface area contributed by atoms with Gasteiger partial charge in [-0.2, -0.15) is 0 Å². The van der Waals surface area contributed by atoms with E-state index in [1.807, 2.05) is 54.6 Å². The molecule has 3 rings (SSSR count). The summed E-state index contributed by atoms with van der Waals surface area (Å²) in [4.78, 5) is 2.26. The summed E-state index contributed by atoms with van der Waals surface area (Å²) >= 11 is 0. The molecular formula is C21H18O2S2. The molecule has 2 nitrogen and oxygen atoms in total. The molecule has 0 aliphatic rings. The number of aromatic hydroxyl groups is 1. The van der Waals surface area contributed by atoms with E-state index in [4.69, 9.17) is 4.74 Å². The Labute approximate surface area is 156 Å². The van der Waals surface area contributed by atoms with Gasteiger partial charge in [0.1, 0.15) is 18.1 Å². The van der Waals surface area contributed by atoms with Crippen molar-refractivity contribution >= 4 is 27.7 Å². The molecule has 0 bridgehead atoms. The lowest BCUT2D eigenvalue weighted by Gasteiger charge is -2.07. The van der Waals surface area contributed by atoms with Crippen LogP contribution in [-0.2, 0) is 6.61 Å². The lowest BCUT2D eigenvalue weighted by Crippen LogP contribution is -1.95. The lowest BCUT2D eigenvalue weighted by atomic mass is 10.1. The Morgan fingerprint density at radius 1 is 0.800 bits per heavy atom. The molecule has 0 spiro atoms. The van der Waals surface area contributed by atoms with Crippen molar-refractivity contribution in [3.63, 3.8) is 0 Å². The molecule has 0 aliphatic carbocycles. The van der Waals surface area contributed by atoms with Crippen LogP contribution in [0.3, 0.4) is 0 Å². The Bertz CT molecular complexity index is 810. The summed E-state index contributed by atoms with van der Waals surface area (Å²) in [6.45, 7) is 4.30. The minimum atomic E-state index is 0.287. The Morgan fingerprint density at radius 2 is 1.36 bits per heavy atom. The first-order valence-corrected chi connectivity index (χ1v) is 9.96. The largest absolute Gasteiger partial charge is 0.508 e. The zero-order valence-electron chi connectivity index (χ0n) is 13.6. The van der Waals surface area contributed by atoms with Crippen molar-refractivity contribution in [3.05, 3.63) is 90.5 Å². The molecule has 0 aromatic heterocycles. The Kier molecular flexibility index (Phi) is 6.09. The maximum Gasteiger partial charge on any atom is 0.119 e. The van der Waals surface area contributed by atoms with E-state index in [1.54, 1.807) is 33.7 Å². The van der Waals surface area contributed by atoms with E-state index in [9.17, 15) is 5.11 Å². The predicted molar refractivity (Wildman–Crippen MR) is 107 cm³/mol. The average Bonchev–Trinajstić information content (AvgIpc) is 2.67. The second kappa shape index (κ2) is 8.70. The normalized spacial score (nSPS) is 10.4. The molecule has 0 aliphatic heterocycles. The highest BCUT2D eigenvalue weighted by Crippen LogP contribution is 2.38. The first-order valence-electron chi connectivity index (χ1n) is 7.81. The van der Waals surface area contributed by atoms with Crippen molar-refractivity contribution in [1.82, 2.24) is 0 Å². The summed E-state index contributed by atoms with van der Waals surface area (Å²) < 4.78 is 5.83. The third-order valence-electron chi connectivity index (χ3n) is 3.52. The number of rotatable bonds is 7. The van der Waals surface area contributed by atoms with Gasteiger partial charge < -0.3 is 9.84 Å². The lowest BCUT2D eigenvalue weighted by molar-refractivity contribution is 0.306. The molecule has 0 radical (unpaired) electrons. The van der Waals surface area contributed by atoms with Gasteiger partial charge in [-0.3, -0.25) is 0 Å². The van der Waals surface area contributed by atoms with Crippen LogP contribution in [0, 0.1) is 0 Å². The van der Waals surface area contributed by atoms with Crippen LogP contribution in [0.25, 0.3) is 6.08 Å². The van der Waals surface area contributed by atoms with Gasteiger partial charge >= 0.3 is 0 Å². The molecule has 25 heavy (non-hydrogen) atoms. The summed E-state index contributed by atoms with van der Waals surface area (Å²) in [6.07, 6.45) is 1.83. The number of phenols is 1. The van der Waals surface area contributed by atoms with Crippen molar-refractivity contribution < 1.29 is 9.84 Å². The maximum atomic E-state index is 9.30. The van der Waals surface area contributed by atoms with Crippen LogP contribution in [0.1, 0.15) is 11.1 Å². The summed E-state index contributed by atoms with van der Waals surface area (Å²) in [5, 5.41) is 9.30. The predicted octanol–water partition coefficient (Wildman–Crippen LogP) is 6.41. The fraction of sp³-hybridized carbons (Fsp3) is 0.0476. The molecule has 0 saturated carbocycles. The zero-order chi connectivity index (χ0) is 17.5. The molecule has 0 unspecified atom stereocenters. The van der Waals surface area contributed by atoms with Gasteiger partial charge in [0, 0.05) is 9.79 Å². The molecule has 0 fully saturated rings. The topological polar surface area (TPSA) is 29.5 Å². The second-order valence-electron chi connectivity index (χ2n) is 5.37. The minimum absolute atomic E-state index is 0.287. The monoisotopic (exact) mass is 366 g/mol. The molecule has 0 amide bonds. The van der Waals surface area contributed by atoms with Gasteiger partial charge in [-0.25, -0.2) is 0 Å². The molecular weight excluding hydrogens is 348 g/mol. The first-order chi connectivity index (χ1) is 12.2. The highest BCUT2D eigenvalue weighted by atomic mass is 33.1. The van der Waals surface area contributed by atoms with Crippen LogP contribution in [0.15, 0.2) is 89.2 Å². The van der Waals surface area contributed by atoms with E-state index < -0.39 is 0 Å². The number of hydrogen-bond acceptors (Lipinski definition) is 4. The van der Waals surface area contributed by atoms with Crippen molar-refractivity contribution in [2.45, 2.75) is 16.4 Å². The molecule has 4 heteroatoms. The Hall–Kier alpha value is -2.30. The fourth-order valence-corrected chi connectivity index (χ4v) is 4.04. The number of benzene rings is 3. The van der Waals surface area contributed by atoms with E-state index in [1.165, 1.54) is 0 Å². The van der Waals surface area contributed by atoms with E-state index in [0.29, 0.717) is 6.61 Å². The molecule has 126 valence electrons. The van der Waals surface area contributed by atoms with Gasteiger partial charge in [0.15, 0.2) is 0 Å². The van der Waals surface area contributed by atoms with Crippen molar-refractivity contribution in [2.24, 2.45) is 0 Å². The smallest absolute Gasteiger partial charge is 0.119 e. The van der Waals surface area contributed by atoms with Crippen LogP contribution < -0.4 is 4.74 Å². The SMILES string of the molecule is C=Cc1ccc(COc2ccc(SSc3ccc(O)cc3)cc2)cc1. The average molecular weight is 367 g/mol. The maximum absolute atomic E-state index is 9.30. The fourth-order valence-electron chi connectivity index (χ4n) is 2.11. The highest BCUT2D eigenvalue weighted by Gasteiger charge is 2.00. The van der Waals surface area contributed by atoms with Gasteiger partial charge in [-0.05, 0) is 59.7 Å². The van der Waals surface area contributed by atoms with Gasteiger partial charge in [0.25, 0.3) is 0 Å². The first kappa shape index (κ1) is 17.5.